The SMILES string of the molecule is COc1ccc2cc([C@@H]3CC(=O)Oc4ccc(C(C)=O)c(O)c43)c(=O)[nH]c2c1. The third-order valence-electron chi connectivity index (χ3n) is 4.96. The lowest BCUT2D eigenvalue weighted by Gasteiger charge is -2.26. The van der Waals surface area contributed by atoms with Crippen LogP contribution in [0.15, 0.2) is 41.2 Å². The van der Waals surface area contributed by atoms with Gasteiger partial charge in [-0.15, -0.1) is 0 Å². The molecular weight excluding hydrogens is 362 g/mol. The quantitative estimate of drug-likeness (QED) is 0.412. The van der Waals surface area contributed by atoms with Crippen molar-refractivity contribution in [2.24, 2.45) is 0 Å². The number of phenolic OH excluding ortho intramolecular Hbond substituents is 1. The number of ketones is 1. The van der Waals surface area contributed by atoms with Crippen molar-refractivity contribution in [1.29, 1.82) is 0 Å². The maximum atomic E-state index is 12.8. The third-order valence-corrected chi connectivity index (χ3v) is 4.96. The molecule has 3 aromatic rings. The summed E-state index contributed by atoms with van der Waals surface area (Å²) in [4.78, 5) is 39.5. The van der Waals surface area contributed by atoms with Crippen molar-refractivity contribution in [2.45, 2.75) is 19.3 Å². The molecule has 0 spiro atoms. The first-order chi connectivity index (χ1) is 13.4. The van der Waals surface area contributed by atoms with Gasteiger partial charge in [-0.05, 0) is 42.6 Å². The number of aromatic amines is 1. The van der Waals surface area contributed by atoms with Crippen LogP contribution in [0.3, 0.4) is 0 Å². The van der Waals surface area contributed by atoms with Crippen LogP contribution in [0.4, 0.5) is 0 Å². The molecule has 0 bridgehead atoms. The molecule has 142 valence electrons. The fraction of sp³-hybridized carbons (Fsp3) is 0.190. The van der Waals surface area contributed by atoms with Gasteiger partial charge in [0, 0.05) is 23.1 Å². The zero-order valence-electron chi connectivity index (χ0n) is 15.2. The van der Waals surface area contributed by atoms with Gasteiger partial charge in [-0.1, -0.05) is 0 Å². The summed E-state index contributed by atoms with van der Waals surface area (Å²) in [5, 5.41) is 11.4. The number of hydrogen-bond acceptors (Lipinski definition) is 6. The molecule has 0 aliphatic carbocycles. The highest BCUT2D eigenvalue weighted by molar-refractivity contribution is 5.98. The zero-order chi connectivity index (χ0) is 20.0. The lowest BCUT2D eigenvalue weighted by Crippen LogP contribution is -2.26. The molecule has 1 aliphatic heterocycles. The van der Waals surface area contributed by atoms with Crippen LogP contribution in [0.25, 0.3) is 10.9 Å². The van der Waals surface area contributed by atoms with Crippen LogP contribution in [0.1, 0.15) is 40.7 Å². The Bertz CT molecular complexity index is 1190. The molecule has 4 rings (SSSR count). The fourth-order valence-electron chi connectivity index (χ4n) is 3.58. The minimum atomic E-state index is -0.731. The van der Waals surface area contributed by atoms with E-state index in [1.165, 1.54) is 26.2 Å². The van der Waals surface area contributed by atoms with Gasteiger partial charge in [-0.2, -0.15) is 0 Å². The number of aromatic nitrogens is 1. The summed E-state index contributed by atoms with van der Waals surface area (Å²) in [7, 11) is 1.54. The Balaban J connectivity index is 1.94. The van der Waals surface area contributed by atoms with E-state index in [4.69, 9.17) is 9.47 Å². The highest BCUT2D eigenvalue weighted by Gasteiger charge is 2.34. The van der Waals surface area contributed by atoms with E-state index in [1.54, 1.807) is 24.3 Å². The highest BCUT2D eigenvalue weighted by atomic mass is 16.5. The van der Waals surface area contributed by atoms with Gasteiger partial charge in [0.05, 0.1) is 24.6 Å². The van der Waals surface area contributed by atoms with E-state index < -0.39 is 11.9 Å². The van der Waals surface area contributed by atoms with Gasteiger partial charge < -0.3 is 19.6 Å². The maximum Gasteiger partial charge on any atom is 0.312 e. The highest BCUT2D eigenvalue weighted by Crippen LogP contribution is 2.44. The van der Waals surface area contributed by atoms with E-state index in [0.29, 0.717) is 16.8 Å². The van der Waals surface area contributed by atoms with Crippen LogP contribution in [-0.2, 0) is 4.79 Å². The minimum absolute atomic E-state index is 0.114. The molecular formula is C21H17NO6. The molecule has 28 heavy (non-hydrogen) atoms. The number of ether oxygens (including phenoxy) is 2. The van der Waals surface area contributed by atoms with Crippen molar-refractivity contribution >= 4 is 22.7 Å². The Hall–Kier alpha value is -3.61. The molecule has 2 heterocycles. The molecule has 7 heteroatoms. The number of aromatic hydroxyl groups is 1. The molecule has 2 N–H and O–H groups in total. The predicted molar refractivity (Wildman–Crippen MR) is 101 cm³/mol. The van der Waals surface area contributed by atoms with Crippen LogP contribution in [0.2, 0.25) is 0 Å². The van der Waals surface area contributed by atoms with Gasteiger partial charge in [0.2, 0.25) is 0 Å². The monoisotopic (exact) mass is 379 g/mol. The van der Waals surface area contributed by atoms with E-state index in [-0.39, 0.29) is 40.4 Å². The van der Waals surface area contributed by atoms with Crippen LogP contribution in [-0.4, -0.2) is 29.0 Å². The van der Waals surface area contributed by atoms with Crippen molar-refractivity contribution in [2.75, 3.05) is 7.11 Å². The smallest absolute Gasteiger partial charge is 0.312 e. The number of benzene rings is 2. The Morgan fingerprint density at radius 2 is 2.00 bits per heavy atom. The molecule has 1 atom stereocenters. The maximum absolute atomic E-state index is 12.8. The number of H-pyrrole nitrogens is 1. The molecule has 2 aromatic carbocycles. The van der Waals surface area contributed by atoms with Crippen molar-refractivity contribution in [3.63, 3.8) is 0 Å². The van der Waals surface area contributed by atoms with Gasteiger partial charge >= 0.3 is 5.97 Å². The van der Waals surface area contributed by atoms with Gasteiger partial charge in [0.15, 0.2) is 5.78 Å². The first kappa shape index (κ1) is 17.8. The number of carbonyl (C=O) groups excluding carboxylic acids is 2. The topological polar surface area (TPSA) is 106 Å². The second-order valence-corrected chi connectivity index (χ2v) is 6.67. The average molecular weight is 379 g/mol. The summed E-state index contributed by atoms with van der Waals surface area (Å²) in [6, 6.07) is 9.81. The summed E-state index contributed by atoms with van der Waals surface area (Å²) in [5.74, 6) is -1.08. The van der Waals surface area contributed by atoms with E-state index in [0.717, 1.165) is 5.39 Å². The van der Waals surface area contributed by atoms with Gasteiger partial charge in [0.1, 0.15) is 17.2 Å². The van der Waals surface area contributed by atoms with E-state index in [9.17, 15) is 19.5 Å². The number of Topliss-reactive ketones (excluding diaryl/α,β-unsaturated/α-hetero) is 1. The van der Waals surface area contributed by atoms with Crippen LogP contribution < -0.4 is 15.0 Å². The summed E-state index contributed by atoms with van der Waals surface area (Å²) < 4.78 is 10.4. The zero-order valence-corrected chi connectivity index (χ0v) is 15.2. The van der Waals surface area contributed by atoms with Crippen molar-refractivity contribution in [3.8, 4) is 17.2 Å². The lowest BCUT2D eigenvalue weighted by molar-refractivity contribution is -0.135. The molecule has 0 saturated heterocycles. The molecule has 1 aliphatic rings. The van der Waals surface area contributed by atoms with Crippen molar-refractivity contribution in [1.82, 2.24) is 4.98 Å². The largest absolute Gasteiger partial charge is 0.507 e. The third kappa shape index (κ3) is 2.81. The normalized spacial score (nSPS) is 15.8. The molecule has 0 saturated carbocycles. The number of methoxy groups -OCH3 is 1. The average Bonchev–Trinajstić information content (AvgIpc) is 2.66. The first-order valence-electron chi connectivity index (χ1n) is 8.67. The van der Waals surface area contributed by atoms with Crippen LogP contribution >= 0.6 is 0 Å². The summed E-state index contributed by atoms with van der Waals surface area (Å²) in [5.41, 5.74) is 0.897. The number of hydrogen-bond donors (Lipinski definition) is 2. The van der Waals surface area contributed by atoms with E-state index in [2.05, 4.69) is 4.98 Å². The standard InChI is InChI=1S/C21H17NO6/c1-10(23)13-5-6-17-19(20(13)25)14(9-18(24)28-17)15-7-11-3-4-12(27-2)8-16(11)22-21(15)26/h3-8,14,25H,9H2,1-2H3,(H,22,26)/t14-/m0/s1. The number of pyridine rings is 1. The second-order valence-electron chi connectivity index (χ2n) is 6.67. The molecule has 0 radical (unpaired) electrons. The van der Waals surface area contributed by atoms with Crippen molar-refractivity contribution < 1.29 is 24.2 Å². The van der Waals surface area contributed by atoms with Crippen LogP contribution in [0.5, 0.6) is 17.2 Å². The summed E-state index contributed by atoms with van der Waals surface area (Å²) in [6.07, 6.45) is -0.118. The Kier molecular flexibility index (Phi) is 4.15. The van der Waals surface area contributed by atoms with Gasteiger partial charge in [-0.25, -0.2) is 0 Å². The molecule has 7 nitrogen and oxygen atoms in total. The van der Waals surface area contributed by atoms with E-state index in [1.807, 2.05) is 0 Å². The number of fused-ring (bicyclic) bond motifs is 2. The molecule has 0 amide bonds. The number of esters is 1. The van der Waals surface area contributed by atoms with Crippen LogP contribution in [0, 0.1) is 0 Å². The van der Waals surface area contributed by atoms with Crippen molar-refractivity contribution in [3.05, 3.63) is 63.4 Å². The second kappa shape index (κ2) is 6.53. The van der Waals surface area contributed by atoms with Gasteiger partial charge in [0.25, 0.3) is 5.56 Å². The minimum Gasteiger partial charge on any atom is -0.507 e. The summed E-state index contributed by atoms with van der Waals surface area (Å²) in [6.45, 7) is 1.33. The first-order valence-corrected chi connectivity index (χ1v) is 8.67. The summed E-state index contributed by atoms with van der Waals surface area (Å²) >= 11 is 0. The Morgan fingerprint density at radius 1 is 1.21 bits per heavy atom. The van der Waals surface area contributed by atoms with E-state index >= 15 is 0 Å². The lowest BCUT2D eigenvalue weighted by atomic mass is 9.84. The Morgan fingerprint density at radius 3 is 2.71 bits per heavy atom. The number of rotatable bonds is 3. The molecule has 0 unspecified atom stereocenters. The molecule has 1 aromatic heterocycles. The van der Waals surface area contributed by atoms with Gasteiger partial charge in [-0.3, -0.25) is 14.4 Å². The fourth-order valence-corrected chi connectivity index (χ4v) is 3.58. The predicted octanol–water partition coefficient (Wildman–Crippen LogP) is 2.89. The Labute approximate surface area is 159 Å². The number of carbonyl (C=O) groups is 2. The number of phenols is 1. The molecule has 0 fully saturated rings. The number of nitrogens with one attached hydrogen (secondary N) is 1.